The van der Waals surface area contributed by atoms with Crippen LogP contribution in [0.5, 0.6) is 0 Å². The van der Waals surface area contributed by atoms with Crippen LogP contribution in [0.15, 0.2) is 0 Å². The van der Waals surface area contributed by atoms with Crippen LogP contribution in [0.4, 0.5) is 5.82 Å². The maximum Gasteiger partial charge on any atom is 1.00 e. The molecule has 0 bridgehead atoms. The van der Waals surface area contributed by atoms with Gasteiger partial charge in [0, 0.05) is 11.3 Å². The minimum atomic E-state index is -4.52. The van der Waals surface area contributed by atoms with Crippen LogP contribution in [-0.4, -0.2) is 22.9 Å². The van der Waals surface area contributed by atoms with Gasteiger partial charge in [-0.15, -0.1) is 0 Å². The summed E-state index contributed by atoms with van der Waals surface area (Å²) < 4.78 is 33.1. The van der Waals surface area contributed by atoms with E-state index in [9.17, 15) is 13.0 Å². The second kappa shape index (κ2) is 5.22. The summed E-state index contributed by atoms with van der Waals surface area (Å²) in [4.78, 5) is 7.83. The zero-order valence-corrected chi connectivity index (χ0v) is 11.8. The van der Waals surface area contributed by atoms with Gasteiger partial charge in [-0.25, -0.2) is 18.4 Å². The quantitative estimate of drug-likeness (QED) is 0.447. The van der Waals surface area contributed by atoms with Gasteiger partial charge in [0.2, 0.25) is 0 Å². The molecule has 0 saturated carbocycles. The molecule has 0 spiro atoms. The van der Waals surface area contributed by atoms with E-state index in [-0.39, 0.29) is 35.4 Å². The van der Waals surface area contributed by atoms with E-state index in [0.29, 0.717) is 17.1 Å². The Balaban J connectivity index is 0.00000196. The van der Waals surface area contributed by atoms with Crippen molar-refractivity contribution in [2.45, 2.75) is 20.8 Å². The SMILES string of the molecule is Cc1nc(C)c(C)c(NS(=O)(=O)[O-])n1.[Na+]. The summed E-state index contributed by atoms with van der Waals surface area (Å²) in [6, 6.07) is 0. The maximum atomic E-state index is 10.4. The van der Waals surface area contributed by atoms with Crippen molar-refractivity contribution in [3.63, 3.8) is 0 Å². The van der Waals surface area contributed by atoms with E-state index < -0.39 is 10.3 Å². The molecule has 0 aliphatic heterocycles. The van der Waals surface area contributed by atoms with E-state index in [1.165, 1.54) is 0 Å². The van der Waals surface area contributed by atoms with Gasteiger partial charge in [-0.3, -0.25) is 4.72 Å². The fraction of sp³-hybridized carbons (Fsp3) is 0.429. The van der Waals surface area contributed by atoms with Gasteiger partial charge in [0.15, 0.2) is 10.3 Å². The van der Waals surface area contributed by atoms with Gasteiger partial charge < -0.3 is 4.55 Å². The summed E-state index contributed by atoms with van der Waals surface area (Å²) in [5, 5.41) is 0. The summed E-state index contributed by atoms with van der Waals surface area (Å²) in [5.74, 6) is 0.462. The predicted molar refractivity (Wildman–Crippen MR) is 49.6 cm³/mol. The molecule has 1 N–H and O–H groups in total. The molecule has 1 heterocycles. The third kappa shape index (κ3) is 4.43. The molecule has 78 valence electrons. The minimum Gasteiger partial charge on any atom is -0.731 e. The largest absolute Gasteiger partial charge is 1.00 e. The van der Waals surface area contributed by atoms with Gasteiger partial charge in [0.1, 0.15) is 11.6 Å². The zero-order chi connectivity index (χ0) is 10.9. The number of aryl methyl sites for hydroxylation is 2. The van der Waals surface area contributed by atoms with Crippen LogP contribution in [0.2, 0.25) is 0 Å². The molecule has 6 nitrogen and oxygen atoms in total. The van der Waals surface area contributed by atoms with Gasteiger partial charge in [0.05, 0.1) is 0 Å². The number of nitrogens with one attached hydrogen (secondary N) is 1. The summed E-state index contributed by atoms with van der Waals surface area (Å²) in [6.45, 7) is 4.98. The molecule has 0 radical (unpaired) electrons. The van der Waals surface area contributed by atoms with Crippen LogP contribution in [0, 0.1) is 20.8 Å². The van der Waals surface area contributed by atoms with Crippen molar-refractivity contribution in [2.24, 2.45) is 0 Å². The van der Waals surface area contributed by atoms with Crippen LogP contribution >= 0.6 is 0 Å². The summed E-state index contributed by atoms with van der Waals surface area (Å²) >= 11 is 0. The third-order valence-corrected chi connectivity index (χ3v) is 2.17. The Kier molecular flexibility index (Phi) is 5.15. The molecule has 15 heavy (non-hydrogen) atoms. The third-order valence-electron chi connectivity index (χ3n) is 1.72. The number of aromatic nitrogens is 2. The Bertz CT molecular complexity index is 461. The summed E-state index contributed by atoms with van der Waals surface area (Å²) in [7, 11) is -4.52. The molecule has 0 atom stereocenters. The molecule has 1 aromatic rings. The first-order chi connectivity index (χ1) is 6.29. The number of hydrogen-bond acceptors (Lipinski definition) is 5. The van der Waals surface area contributed by atoms with E-state index in [1.54, 1.807) is 25.5 Å². The van der Waals surface area contributed by atoms with Crippen molar-refractivity contribution in [3.8, 4) is 0 Å². The molecule has 1 aromatic heterocycles. The molecule has 0 aliphatic rings. The summed E-state index contributed by atoms with van der Waals surface area (Å²) in [6.07, 6.45) is 0. The van der Waals surface area contributed by atoms with E-state index in [2.05, 4.69) is 9.97 Å². The first-order valence-corrected chi connectivity index (χ1v) is 5.26. The van der Waals surface area contributed by atoms with Crippen LogP contribution in [0.1, 0.15) is 17.1 Å². The van der Waals surface area contributed by atoms with Crippen LogP contribution in [0.3, 0.4) is 0 Å². The monoisotopic (exact) mass is 239 g/mol. The zero-order valence-electron chi connectivity index (χ0n) is 9.03. The second-order valence-corrected chi connectivity index (χ2v) is 4.00. The molecular formula is C7H10N3NaO3S. The van der Waals surface area contributed by atoms with Gasteiger partial charge in [-0.2, -0.15) is 0 Å². The van der Waals surface area contributed by atoms with Crippen molar-refractivity contribution >= 4 is 16.1 Å². The Morgan fingerprint density at radius 2 is 1.73 bits per heavy atom. The van der Waals surface area contributed by atoms with E-state index >= 15 is 0 Å². The maximum absolute atomic E-state index is 10.4. The molecule has 0 aromatic carbocycles. The average Bonchev–Trinajstić information content (AvgIpc) is 1.96. The first kappa shape index (κ1) is 14.8. The molecule has 0 saturated heterocycles. The van der Waals surface area contributed by atoms with Gasteiger partial charge in [-0.05, 0) is 20.8 Å². The molecule has 0 unspecified atom stereocenters. The number of anilines is 1. The summed E-state index contributed by atoms with van der Waals surface area (Å²) in [5.41, 5.74) is 1.19. The number of hydrogen-bond donors (Lipinski definition) is 1. The Morgan fingerprint density at radius 3 is 2.20 bits per heavy atom. The number of rotatable bonds is 2. The van der Waals surface area contributed by atoms with Crippen LogP contribution in [-0.2, 0) is 10.3 Å². The van der Waals surface area contributed by atoms with Gasteiger partial charge >= 0.3 is 29.6 Å². The predicted octanol–water partition coefficient (Wildman–Crippen LogP) is -2.72. The van der Waals surface area contributed by atoms with E-state index in [0.717, 1.165) is 0 Å². The molecule has 0 amide bonds. The molecular weight excluding hydrogens is 229 g/mol. The smallest absolute Gasteiger partial charge is 0.731 e. The average molecular weight is 239 g/mol. The fourth-order valence-corrected chi connectivity index (χ4v) is 1.42. The molecule has 0 fully saturated rings. The first-order valence-electron chi connectivity index (χ1n) is 3.85. The van der Waals surface area contributed by atoms with Crippen molar-refractivity contribution in [2.75, 3.05) is 4.72 Å². The van der Waals surface area contributed by atoms with Gasteiger partial charge in [0.25, 0.3) is 0 Å². The molecule has 8 heteroatoms. The van der Waals surface area contributed by atoms with Crippen LogP contribution < -0.4 is 34.3 Å². The Hall–Kier alpha value is -0.210. The normalized spacial score (nSPS) is 10.7. The fourth-order valence-electron chi connectivity index (χ4n) is 0.986. The molecule has 0 aliphatic carbocycles. The van der Waals surface area contributed by atoms with E-state index in [1.807, 2.05) is 0 Å². The Labute approximate surface area is 111 Å². The molecule has 1 rings (SSSR count). The van der Waals surface area contributed by atoms with Crippen molar-refractivity contribution in [3.05, 3.63) is 17.1 Å². The standard InChI is InChI=1S/C7H11N3O3S.Na/c1-4-5(2)8-6(3)9-7(4)10-14(11,12)13;/h1-3H3,(H,8,9,10)(H,11,12,13);/q;+1/p-1. The minimum absolute atomic E-state index is 0. The van der Waals surface area contributed by atoms with Crippen LogP contribution in [0.25, 0.3) is 0 Å². The number of nitrogens with zero attached hydrogens (tertiary/aromatic N) is 2. The van der Waals surface area contributed by atoms with Gasteiger partial charge in [-0.1, -0.05) is 0 Å². The van der Waals surface area contributed by atoms with Crippen molar-refractivity contribution in [1.29, 1.82) is 0 Å². The van der Waals surface area contributed by atoms with E-state index in [4.69, 9.17) is 0 Å². The Morgan fingerprint density at radius 1 is 1.20 bits per heavy atom. The van der Waals surface area contributed by atoms with Crippen molar-refractivity contribution in [1.82, 2.24) is 9.97 Å². The topological polar surface area (TPSA) is 95.0 Å². The second-order valence-electron chi connectivity index (χ2n) is 2.89. The van der Waals surface area contributed by atoms with Crippen molar-refractivity contribution < 1.29 is 42.5 Å².